The molecule has 0 aliphatic carbocycles. The van der Waals surface area contributed by atoms with E-state index < -0.39 is 0 Å². The van der Waals surface area contributed by atoms with Crippen LogP contribution in [0.3, 0.4) is 0 Å². The summed E-state index contributed by atoms with van der Waals surface area (Å²) in [5.41, 5.74) is 3.61. The lowest BCUT2D eigenvalue weighted by Gasteiger charge is -2.11. The quantitative estimate of drug-likeness (QED) is 0.377. The molecule has 0 unspecified atom stereocenters. The molecule has 0 amide bonds. The van der Waals surface area contributed by atoms with E-state index in [9.17, 15) is 0 Å². The number of imidazole rings is 1. The molecule has 0 aliphatic rings. The predicted octanol–water partition coefficient (Wildman–Crippen LogP) is 6.64. The molecule has 4 aromatic rings. The number of nitrogens with one attached hydrogen (secondary N) is 1. The molecular weight excluding hydrogens is 407 g/mol. The molecule has 0 aliphatic heterocycles. The van der Waals surface area contributed by atoms with Gasteiger partial charge >= 0.3 is 0 Å². The molecule has 1 N–H and O–H groups in total. The average Bonchev–Trinajstić information content (AvgIpc) is 3.23. The fourth-order valence-electron chi connectivity index (χ4n) is 2.96. The van der Waals surface area contributed by atoms with Crippen molar-refractivity contribution in [1.82, 2.24) is 9.97 Å². The van der Waals surface area contributed by atoms with Crippen LogP contribution in [0.2, 0.25) is 10.0 Å². The Morgan fingerprint density at radius 3 is 2.52 bits per heavy atom. The van der Waals surface area contributed by atoms with Crippen molar-refractivity contribution < 1.29 is 9.47 Å². The Labute approximate surface area is 179 Å². The third-order valence-electron chi connectivity index (χ3n) is 4.44. The first-order valence-electron chi connectivity index (χ1n) is 8.99. The summed E-state index contributed by atoms with van der Waals surface area (Å²) < 4.78 is 11.5. The third kappa shape index (κ3) is 4.56. The molecule has 0 spiro atoms. The van der Waals surface area contributed by atoms with Crippen molar-refractivity contribution in [2.24, 2.45) is 0 Å². The summed E-state index contributed by atoms with van der Waals surface area (Å²) in [7, 11) is 1.63. The second kappa shape index (κ2) is 8.60. The number of aromatic nitrogens is 2. The zero-order chi connectivity index (χ0) is 20.2. The van der Waals surface area contributed by atoms with Crippen LogP contribution < -0.4 is 9.47 Å². The number of H-pyrrole nitrogens is 1. The van der Waals surface area contributed by atoms with E-state index >= 15 is 0 Å². The van der Waals surface area contributed by atoms with Crippen molar-refractivity contribution in [2.75, 3.05) is 7.11 Å². The summed E-state index contributed by atoms with van der Waals surface area (Å²) in [6.07, 6.45) is 1.85. The van der Waals surface area contributed by atoms with Crippen molar-refractivity contribution in [1.29, 1.82) is 0 Å². The van der Waals surface area contributed by atoms with Crippen LogP contribution in [0, 0.1) is 0 Å². The fourth-order valence-corrected chi connectivity index (χ4v) is 3.28. The van der Waals surface area contributed by atoms with Gasteiger partial charge in [0.25, 0.3) is 0 Å². The number of rotatable bonds is 6. The van der Waals surface area contributed by atoms with E-state index in [1.807, 2.05) is 72.9 Å². The lowest BCUT2D eigenvalue weighted by Crippen LogP contribution is -1.96. The Balaban J connectivity index is 1.54. The third-order valence-corrected chi connectivity index (χ3v) is 4.93. The molecule has 0 fully saturated rings. The Bertz CT molecular complexity index is 1120. The van der Waals surface area contributed by atoms with Crippen LogP contribution in [-0.2, 0) is 6.61 Å². The van der Waals surface area contributed by atoms with Gasteiger partial charge in [0.1, 0.15) is 23.9 Å². The number of ether oxygens (including phenoxy) is 2. The molecular formula is C23H18Cl2N2O2. The number of hydrogen-bond donors (Lipinski definition) is 1. The van der Waals surface area contributed by atoms with Gasteiger partial charge in [0.15, 0.2) is 0 Å². The molecule has 4 rings (SSSR count). The van der Waals surface area contributed by atoms with Crippen LogP contribution in [-0.4, -0.2) is 17.1 Å². The summed E-state index contributed by atoms with van der Waals surface area (Å²) in [5.74, 6) is 2.14. The number of benzene rings is 3. The zero-order valence-corrected chi connectivity index (χ0v) is 17.2. The highest BCUT2D eigenvalue weighted by atomic mass is 35.5. The largest absolute Gasteiger partial charge is 0.496 e. The van der Waals surface area contributed by atoms with E-state index in [1.54, 1.807) is 7.11 Å². The molecule has 0 radical (unpaired) electrons. The topological polar surface area (TPSA) is 47.1 Å². The smallest absolute Gasteiger partial charge is 0.138 e. The molecule has 0 saturated carbocycles. The van der Waals surface area contributed by atoms with E-state index in [0.29, 0.717) is 28.2 Å². The van der Waals surface area contributed by atoms with Crippen molar-refractivity contribution in [3.8, 4) is 34.1 Å². The molecule has 0 atom stereocenters. The van der Waals surface area contributed by atoms with E-state index in [2.05, 4.69) is 9.97 Å². The molecule has 0 saturated heterocycles. The summed E-state index contributed by atoms with van der Waals surface area (Å²) in [6, 6.07) is 20.8. The minimum absolute atomic E-state index is 0.445. The van der Waals surface area contributed by atoms with Crippen molar-refractivity contribution in [3.63, 3.8) is 0 Å². The van der Waals surface area contributed by atoms with Gasteiger partial charge in [-0.1, -0.05) is 47.5 Å². The second-order valence-electron chi connectivity index (χ2n) is 6.42. The van der Waals surface area contributed by atoms with E-state index in [1.165, 1.54) is 0 Å². The molecule has 4 nitrogen and oxygen atoms in total. The Hall–Kier alpha value is -2.95. The van der Waals surface area contributed by atoms with E-state index in [0.717, 1.165) is 28.2 Å². The number of methoxy groups -OCH3 is 1. The number of aromatic amines is 1. The van der Waals surface area contributed by atoms with Crippen LogP contribution in [0.25, 0.3) is 22.6 Å². The van der Waals surface area contributed by atoms with Crippen molar-refractivity contribution >= 4 is 23.2 Å². The summed E-state index contributed by atoms with van der Waals surface area (Å²) in [4.78, 5) is 7.88. The van der Waals surface area contributed by atoms with Crippen LogP contribution >= 0.6 is 23.2 Å². The highest BCUT2D eigenvalue weighted by Crippen LogP contribution is 2.34. The first-order chi connectivity index (χ1) is 14.1. The normalized spacial score (nSPS) is 10.7. The average molecular weight is 425 g/mol. The van der Waals surface area contributed by atoms with Crippen LogP contribution in [0.1, 0.15) is 5.56 Å². The zero-order valence-electron chi connectivity index (χ0n) is 15.7. The van der Waals surface area contributed by atoms with Gasteiger partial charge in [-0.05, 0) is 42.0 Å². The maximum absolute atomic E-state index is 6.08. The van der Waals surface area contributed by atoms with Crippen molar-refractivity contribution in [2.45, 2.75) is 6.61 Å². The van der Waals surface area contributed by atoms with Gasteiger partial charge < -0.3 is 14.5 Å². The van der Waals surface area contributed by atoms with Gasteiger partial charge in [-0.2, -0.15) is 0 Å². The van der Waals surface area contributed by atoms with Gasteiger partial charge in [-0.25, -0.2) is 4.98 Å². The van der Waals surface area contributed by atoms with E-state index in [-0.39, 0.29) is 0 Å². The van der Waals surface area contributed by atoms with Crippen LogP contribution in [0.4, 0.5) is 0 Å². The predicted molar refractivity (Wildman–Crippen MR) is 117 cm³/mol. The molecule has 1 heterocycles. The molecule has 3 aromatic carbocycles. The van der Waals surface area contributed by atoms with Gasteiger partial charge in [0.2, 0.25) is 0 Å². The Morgan fingerprint density at radius 1 is 0.931 bits per heavy atom. The Morgan fingerprint density at radius 2 is 1.76 bits per heavy atom. The summed E-state index contributed by atoms with van der Waals surface area (Å²) in [5, 5.41) is 1.37. The SMILES string of the molecule is COc1cc(OCc2ccc(Cl)cc2)ccc1-c1c[nH]c(-c2cccc(Cl)c2)n1. The lowest BCUT2D eigenvalue weighted by atomic mass is 10.1. The first-order valence-corrected chi connectivity index (χ1v) is 9.75. The minimum Gasteiger partial charge on any atom is -0.496 e. The van der Waals surface area contributed by atoms with Crippen molar-refractivity contribution in [3.05, 3.63) is 88.5 Å². The van der Waals surface area contributed by atoms with Gasteiger partial charge in [0.05, 0.1) is 12.8 Å². The first kappa shape index (κ1) is 19.4. The standard InChI is InChI=1S/C23H18Cl2N2O2/c1-28-22-12-19(29-14-15-5-7-17(24)8-6-15)9-10-20(22)21-13-26-23(27-21)16-3-2-4-18(25)11-16/h2-13H,14H2,1H3,(H,26,27). The number of nitrogens with zero attached hydrogens (tertiary/aromatic N) is 1. The number of hydrogen-bond acceptors (Lipinski definition) is 3. The highest BCUT2D eigenvalue weighted by Gasteiger charge is 2.12. The van der Waals surface area contributed by atoms with Crippen LogP contribution in [0.15, 0.2) is 72.9 Å². The second-order valence-corrected chi connectivity index (χ2v) is 7.29. The molecule has 146 valence electrons. The molecule has 29 heavy (non-hydrogen) atoms. The monoisotopic (exact) mass is 424 g/mol. The lowest BCUT2D eigenvalue weighted by molar-refractivity contribution is 0.304. The summed E-state index contributed by atoms with van der Waals surface area (Å²) >= 11 is 12.0. The summed E-state index contributed by atoms with van der Waals surface area (Å²) in [6.45, 7) is 0.445. The van der Waals surface area contributed by atoms with Gasteiger partial charge in [0, 0.05) is 33.4 Å². The molecule has 6 heteroatoms. The number of halogens is 2. The Kier molecular flexibility index (Phi) is 5.74. The maximum Gasteiger partial charge on any atom is 0.138 e. The highest BCUT2D eigenvalue weighted by molar-refractivity contribution is 6.31. The van der Waals surface area contributed by atoms with Gasteiger partial charge in [-0.3, -0.25) is 0 Å². The molecule has 0 bridgehead atoms. The minimum atomic E-state index is 0.445. The van der Waals surface area contributed by atoms with Gasteiger partial charge in [-0.15, -0.1) is 0 Å². The van der Waals surface area contributed by atoms with E-state index in [4.69, 9.17) is 32.7 Å². The molecule has 1 aromatic heterocycles. The fraction of sp³-hybridized carbons (Fsp3) is 0.0870. The maximum atomic E-state index is 6.08. The van der Waals surface area contributed by atoms with Crippen LogP contribution in [0.5, 0.6) is 11.5 Å².